The Labute approximate surface area is 114 Å². The molecule has 0 saturated heterocycles. The number of carboxylic acids is 1. The predicted octanol–water partition coefficient (Wildman–Crippen LogP) is 1.54. The number of carbonyl (C=O) groups is 2. The number of thiophene rings is 1. The first-order valence-corrected chi connectivity index (χ1v) is 6.72. The number of rotatable bonds is 4. The van der Waals surface area contributed by atoms with Gasteiger partial charge in [0, 0.05) is 12.4 Å². The monoisotopic (exact) mass is 281 g/mol. The summed E-state index contributed by atoms with van der Waals surface area (Å²) in [6.45, 7) is 3.60. The Kier molecular flexibility index (Phi) is 3.57. The zero-order chi connectivity index (χ0) is 14.2. The molecule has 6 nitrogen and oxygen atoms in total. The smallest absolute Gasteiger partial charge is 0.326 e. The van der Waals surface area contributed by atoms with E-state index in [4.69, 9.17) is 5.11 Å². The second-order valence-corrected chi connectivity index (χ2v) is 5.34. The van der Waals surface area contributed by atoms with Crippen molar-refractivity contribution in [2.45, 2.75) is 26.3 Å². The van der Waals surface area contributed by atoms with Gasteiger partial charge in [0.1, 0.15) is 10.9 Å². The lowest BCUT2D eigenvalue weighted by Gasteiger charge is -2.10. The number of amides is 1. The molecule has 0 unspecified atom stereocenters. The zero-order valence-electron chi connectivity index (χ0n) is 10.9. The maximum absolute atomic E-state index is 12.0. The van der Waals surface area contributed by atoms with Crippen LogP contribution in [0.1, 0.15) is 28.7 Å². The molecule has 7 heteroatoms. The SMILES string of the molecule is CC[C@@H](NC(=O)c1cc2c(C)nn(C)c2s1)C(=O)O. The second-order valence-electron chi connectivity index (χ2n) is 4.31. The van der Waals surface area contributed by atoms with E-state index in [9.17, 15) is 9.59 Å². The van der Waals surface area contributed by atoms with E-state index in [1.807, 2.05) is 14.0 Å². The van der Waals surface area contributed by atoms with Gasteiger partial charge in [0.15, 0.2) is 0 Å². The van der Waals surface area contributed by atoms with Crippen molar-refractivity contribution < 1.29 is 14.7 Å². The number of aliphatic carboxylic acids is 1. The lowest BCUT2D eigenvalue weighted by Crippen LogP contribution is -2.39. The molecule has 0 bridgehead atoms. The maximum Gasteiger partial charge on any atom is 0.326 e. The molecule has 2 aromatic heterocycles. The van der Waals surface area contributed by atoms with Crippen LogP contribution in [0.5, 0.6) is 0 Å². The lowest BCUT2D eigenvalue weighted by molar-refractivity contribution is -0.139. The number of nitrogens with one attached hydrogen (secondary N) is 1. The minimum atomic E-state index is -1.02. The minimum absolute atomic E-state index is 0.352. The van der Waals surface area contributed by atoms with Crippen molar-refractivity contribution in [2.75, 3.05) is 0 Å². The number of carbonyl (C=O) groups excluding carboxylic acids is 1. The number of hydrogen-bond acceptors (Lipinski definition) is 4. The Morgan fingerprint density at radius 2 is 2.26 bits per heavy atom. The van der Waals surface area contributed by atoms with Gasteiger partial charge in [-0.25, -0.2) is 4.79 Å². The molecule has 1 amide bonds. The molecule has 19 heavy (non-hydrogen) atoms. The van der Waals surface area contributed by atoms with Gasteiger partial charge in [0.2, 0.25) is 0 Å². The van der Waals surface area contributed by atoms with E-state index in [0.717, 1.165) is 15.9 Å². The number of nitrogens with zero attached hydrogens (tertiary/aromatic N) is 2. The number of hydrogen-bond donors (Lipinski definition) is 2. The molecule has 0 aromatic carbocycles. The molecule has 2 rings (SSSR count). The number of carboxylic acid groups (broad SMARTS) is 1. The number of aromatic nitrogens is 2. The molecule has 0 fully saturated rings. The Morgan fingerprint density at radius 1 is 1.58 bits per heavy atom. The second kappa shape index (κ2) is 5.00. The Hall–Kier alpha value is -1.89. The Bertz CT molecular complexity index is 609. The molecule has 0 aliphatic rings. The van der Waals surface area contributed by atoms with Gasteiger partial charge in [-0.05, 0) is 19.4 Å². The van der Waals surface area contributed by atoms with Crippen molar-refractivity contribution in [2.24, 2.45) is 7.05 Å². The van der Waals surface area contributed by atoms with Gasteiger partial charge >= 0.3 is 5.97 Å². The van der Waals surface area contributed by atoms with E-state index in [0.29, 0.717) is 11.3 Å². The summed E-state index contributed by atoms with van der Waals surface area (Å²) in [5, 5.41) is 16.6. The average Bonchev–Trinajstić information content (AvgIpc) is 2.89. The third kappa shape index (κ3) is 2.46. The van der Waals surface area contributed by atoms with Crippen molar-refractivity contribution in [1.82, 2.24) is 15.1 Å². The van der Waals surface area contributed by atoms with Crippen molar-refractivity contribution in [3.05, 3.63) is 16.6 Å². The van der Waals surface area contributed by atoms with E-state index in [1.165, 1.54) is 11.3 Å². The van der Waals surface area contributed by atoms with Crippen molar-refractivity contribution in [1.29, 1.82) is 0 Å². The fourth-order valence-electron chi connectivity index (χ4n) is 1.88. The highest BCUT2D eigenvalue weighted by atomic mass is 32.1. The Morgan fingerprint density at radius 3 is 2.79 bits per heavy atom. The van der Waals surface area contributed by atoms with Gasteiger partial charge in [0.05, 0.1) is 10.6 Å². The fourth-order valence-corrected chi connectivity index (χ4v) is 2.91. The fraction of sp³-hybridized carbons (Fsp3) is 0.417. The zero-order valence-corrected chi connectivity index (χ0v) is 11.7. The summed E-state index contributed by atoms with van der Waals surface area (Å²) in [6.07, 6.45) is 0.354. The van der Waals surface area contributed by atoms with Crippen LogP contribution < -0.4 is 5.32 Å². The summed E-state index contributed by atoms with van der Waals surface area (Å²) in [6, 6.07) is 0.906. The largest absolute Gasteiger partial charge is 0.480 e. The quantitative estimate of drug-likeness (QED) is 0.890. The van der Waals surface area contributed by atoms with Gasteiger partial charge in [-0.3, -0.25) is 9.48 Å². The van der Waals surface area contributed by atoms with E-state index >= 15 is 0 Å². The standard InChI is InChI=1S/C12H15N3O3S/c1-4-8(12(17)18)13-10(16)9-5-7-6(2)14-15(3)11(7)19-9/h5,8H,4H2,1-3H3,(H,13,16)(H,17,18)/t8-/m1/s1. The first-order valence-electron chi connectivity index (χ1n) is 5.90. The van der Waals surface area contributed by atoms with Crippen LogP contribution in [-0.2, 0) is 11.8 Å². The molecular formula is C12H15N3O3S. The summed E-state index contributed by atoms with van der Waals surface area (Å²) in [4.78, 5) is 24.3. The molecule has 0 aliphatic heterocycles. The topological polar surface area (TPSA) is 84.2 Å². The molecule has 2 N–H and O–H groups in total. The first kappa shape index (κ1) is 13.5. The molecule has 0 spiro atoms. The van der Waals surface area contributed by atoms with E-state index in [-0.39, 0.29) is 5.91 Å². The molecule has 1 atom stereocenters. The maximum atomic E-state index is 12.0. The normalized spacial score (nSPS) is 12.6. The van der Waals surface area contributed by atoms with Crippen LogP contribution in [-0.4, -0.2) is 32.8 Å². The predicted molar refractivity (Wildman–Crippen MR) is 72.5 cm³/mol. The minimum Gasteiger partial charge on any atom is -0.480 e. The summed E-state index contributed by atoms with van der Waals surface area (Å²) in [5.41, 5.74) is 0.859. The Balaban J connectivity index is 2.27. The molecule has 0 aliphatic carbocycles. The van der Waals surface area contributed by atoms with Gasteiger partial charge in [-0.2, -0.15) is 5.10 Å². The van der Waals surface area contributed by atoms with Gasteiger partial charge < -0.3 is 10.4 Å². The van der Waals surface area contributed by atoms with E-state index in [1.54, 1.807) is 17.7 Å². The van der Waals surface area contributed by atoms with E-state index in [2.05, 4.69) is 10.4 Å². The molecule has 102 valence electrons. The summed E-state index contributed by atoms with van der Waals surface area (Å²) in [7, 11) is 1.82. The van der Waals surface area contributed by atoms with Gasteiger partial charge in [0.25, 0.3) is 5.91 Å². The van der Waals surface area contributed by atoms with Crippen LogP contribution in [0, 0.1) is 6.92 Å². The first-order chi connectivity index (χ1) is 8.93. The van der Waals surface area contributed by atoms with Crippen LogP contribution in [0.25, 0.3) is 10.2 Å². The lowest BCUT2D eigenvalue weighted by atomic mass is 10.2. The van der Waals surface area contributed by atoms with Crippen LogP contribution in [0.3, 0.4) is 0 Å². The third-order valence-corrected chi connectivity index (χ3v) is 4.13. The van der Waals surface area contributed by atoms with Crippen molar-refractivity contribution in [3.63, 3.8) is 0 Å². The molecule has 2 heterocycles. The van der Waals surface area contributed by atoms with Crippen molar-refractivity contribution in [3.8, 4) is 0 Å². The van der Waals surface area contributed by atoms with Crippen LogP contribution in [0.4, 0.5) is 0 Å². The summed E-state index contributed by atoms with van der Waals surface area (Å²) < 4.78 is 1.72. The van der Waals surface area contributed by atoms with Crippen LogP contribution >= 0.6 is 11.3 Å². The molecule has 0 radical (unpaired) electrons. The van der Waals surface area contributed by atoms with Gasteiger partial charge in [-0.1, -0.05) is 6.92 Å². The van der Waals surface area contributed by atoms with Crippen LogP contribution in [0.15, 0.2) is 6.07 Å². The highest BCUT2D eigenvalue weighted by Crippen LogP contribution is 2.27. The highest BCUT2D eigenvalue weighted by molar-refractivity contribution is 7.20. The highest BCUT2D eigenvalue weighted by Gasteiger charge is 2.21. The molecule has 2 aromatic rings. The van der Waals surface area contributed by atoms with Crippen LogP contribution in [0.2, 0.25) is 0 Å². The molecular weight excluding hydrogens is 266 g/mol. The summed E-state index contributed by atoms with van der Waals surface area (Å²) >= 11 is 1.31. The average molecular weight is 281 g/mol. The number of fused-ring (bicyclic) bond motifs is 1. The van der Waals surface area contributed by atoms with Gasteiger partial charge in [-0.15, -0.1) is 11.3 Å². The van der Waals surface area contributed by atoms with E-state index < -0.39 is 12.0 Å². The number of aryl methyl sites for hydroxylation is 2. The third-order valence-electron chi connectivity index (χ3n) is 2.93. The van der Waals surface area contributed by atoms with Crippen molar-refractivity contribution >= 4 is 33.4 Å². The molecule has 0 saturated carbocycles. The summed E-state index contributed by atoms with van der Waals surface area (Å²) in [5.74, 6) is -1.37.